The number of thiophene rings is 1. The Kier molecular flexibility index (Phi) is 5.49. The number of oxazole rings is 1. The molecule has 7 nitrogen and oxygen atoms in total. The molecule has 0 saturated carbocycles. The SMILES string of the molecule is COc1ccc(S(=O)(=O)N2CCN(Cc3coc(-c4cccs4)n3)CC2)cc1. The van der Waals surface area contributed by atoms with Crippen LogP contribution in [0.4, 0.5) is 0 Å². The first-order valence-electron chi connectivity index (χ1n) is 8.91. The zero-order chi connectivity index (χ0) is 19.6. The maximum atomic E-state index is 12.8. The first-order valence-corrected chi connectivity index (χ1v) is 11.2. The maximum absolute atomic E-state index is 12.8. The van der Waals surface area contributed by atoms with E-state index in [0.717, 1.165) is 10.6 Å². The van der Waals surface area contributed by atoms with E-state index < -0.39 is 10.0 Å². The summed E-state index contributed by atoms with van der Waals surface area (Å²) >= 11 is 1.59. The number of benzene rings is 1. The second-order valence-corrected chi connectivity index (χ2v) is 9.36. The Hall–Kier alpha value is -2.20. The molecule has 1 fully saturated rings. The molecule has 0 spiro atoms. The first kappa shape index (κ1) is 19.1. The second-order valence-electron chi connectivity index (χ2n) is 6.48. The lowest BCUT2D eigenvalue weighted by molar-refractivity contribution is 0.180. The van der Waals surface area contributed by atoms with Crippen molar-refractivity contribution < 1.29 is 17.6 Å². The molecule has 1 aromatic carbocycles. The average Bonchev–Trinajstić information content (AvgIpc) is 3.40. The van der Waals surface area contributed by atoms with Gasteiger partial charge in [0.05, 0.1) is 22.6 Å². The van der Waals surface area contributed by atoms with Crippen LogP contribution in [0.5, 0.6) is 5.75 Å². The van der Waals surface area contributed by atoms with Crippen molar-refractivity contribution in [1.29, 1.82) is 0 Å². The summed E-state index contributed by atoms with van der Waals surface area (Å²) in [5, 5.41) is 1.99. The summed E-state index contributed by atoms with van der Waals surface area (Å²) in [6, 6.07) is 10.4. The lowest BCUT2D eigenvalue weighted by Crippen LogP contribution is -2.48. The van der Waals surface area contributed by atoms with E-state index in [-0.39, 0.29) is 0 Å². The second kappa shape index (κ2) is 8.04. The molecule has 1 aliphatic heterocycles. The fourth-order valence-electron chi connectivity index (χ4n) is 3.15. The number of piperazine rings is 1. The Morgan fingerprint density at radius 3 is 2.54 bits per heavy atom. The van der Waals surface area contributed by atoms with Crippen LogP contribution >= 0.6 is 11.3 Å². The Labute approximate surface area is 168 Å². The number of nitrogens with zero attached hydrogens (tertiary/aromatic N) is 3. The summed E-state index contributed by atoms with van der Waals surface area (Å²) in [4.78, 5) is 8.02. The minimum absolute atomic E-state index is 0.291. The minimum atomic E-state index is -3.49. The molecule has 3 aromatic rings. The molecule has 0 atom stereocenters. The van der Waals surface area contributed by atoms with Crippen LogP contribution < -0.4 is 4.74 Å². The van der Waals surface area contributed by atoms with Crippen molar-refractivity contribution in [2.45, 2.75) is 11.4 Å². The van der Waals surface area contributed by atoms with E-state index in [4.69, 9.17) is 9.15 Å². The largest absolute Gasteiger partial charge is 0.497 e. The van der Waals surface area contributed by atoms with Gasteiger partial charge >= 0.3 is 0 Å². The molecular formula is C19H21N3O4S2. The van der Waals surface area contributed by atoms with Crippen LogP contribution in [-0.2, 0) is 16.6 Å². The Morgan fingerprint density at radius 2 is 1.89 bits per heavy atom. The molecule has 3 heterocycles. The van der Waals surface area contributed by atoms with Gasteiger partial charge in [0.2, 0.25) is 15.9 Å². The minimum Gasteiger partial charge on any atom is -0.497 e. The Bertz CT molecular complexity index is 1010. The fourth-order valence-corrected chi connectivity index (χ4v) is 5.22. The van der Waals surface area contributed by atoms with Crippen LogP contribution in [0.25, 0.3) is 10.8 Å². The van der Waals surface area contributed by atoms with Crippen LogP contribution in [0.3, 0.4) is 0 Å². The van der Waals surface area contributed by atoms with E-state index in [1.54, 1.807) is 49.0 Å². The number of methoxy groups -OCH3 is 1. The summed E-state index contributed by atoms with van der Waals surface area (Å²) in [6.45, 7) is 2.84. The van der Waals surface area contributed by atoms with Crippen molar-refractivity contribution in [1.82, 2.24) is 14.2 Å². The van der Waals surface area contributed by atoms with Crippen LogP contribution in [0.2, 0.25) is 0 Å². The van der Waals surface area contributed by atoms with Gasteiger partial charge in [-0.15, -0.1) is 11.3 Å². The van der Waals surface area contributed by atoms with Crippen molar-refractivity contribution >= 4 is 21.4 Å². The molecule has 4 rings (SSSR count). The molecule has 0 radical (unpaired) electrons. The Morgan fingerprint density at radius 1 is 1.14 bits per heavy atom. The van der Waals surface area contributed by atoms with E-state index in [9.17, 15) is 8.42 Å². The molecular weight excluding hydrogens is 398 g/mol. The van der Waals surface area contributed by atoms with Gasteiger partial charge in [-0.2, -0.15) is 4.31 Å². The molecule has 28 heavy (non-hydrogen) atoms. The molecule has 9 heteroatoms. The van der Waals surface area contributed by atoms with Gasteiger partial charge in [-0.1, -0.05) is 6.07 Å². The highest BCUT2D eigenvalue weighted by molar-refractivity contribution is 7.89. The predicted molar refractivity (Wildman–Crippen MR) is 107 cm³/mol. The van der Waals surface area contributed by atoms with Crippen molar-refractivity contribution in [3.05, 3.63) is 53.7 Å². The van der Waals surface area contributed by atoms with Crippen LogP contribution in [0.15, 0.2) is 57.4 Å². The monoisotopic (exact) mass is 419 g/mol. The number of hydrogen-bond donors (Lipinski definition) is 0. The molecule has 0 bridgehead atoms. The van der Waals surface area contributed by atoms with Crippen LogP contribution in [-0.4, -0.2) is 55.9 Å². The lowest BCUT2D eigenvalue weighted by atomic mass is 10.3. The van der Waals surface area contributed by atoms with E-state index >= 15 is 0 Å². The van der Waals surface area contributed by atoms with E-state index in [2.05, 4.69) is 9.88 Å². The number of sulfonamides is 1. The van der Waals surface area contributed by atoms with Gasteiger partial charge in [0, 0.05) is 32.7 Å². The molecule has 2 aromatic heterocycles. The molecule has 1 saturated heterocycles. The molecule has 0 N–H and O–H groups in total. The summed E-state index contributed by atoms with van der Waals surface area (Å²) in [7, 11) is -1.93. The third-order valence-corrected chi connectivity index (χ3v) is 7.47. The van der Waals surface area contributed by atoms with E-state index in [1.165, 1.54) is 4.31 Å². The Balaban J connectivity index is 1.36. The van der Waals surface area contributed by atoms with E-state index in [1.807, 2.05) is 17.5 Å². The van der Waals surface area contributed by atoms with Gasteiger partial charge < -0.3 is 9.15 Å². The predicted octanol–water partition coefficient (Wildman–Crippen LogP) is 2.92. The summed E-state index contributed by atoms with van der Waals surface area (Å²) in [5.74, 6) is 1.27. The van der Waals surface area contributed by atoms with Crippen molar-refractivity contribution in [3.8, 4) is 16.5 Å². The van der Waals surface area contributed by atoms with E-state index in [0.29, 0.717) is 49.3 Å². The summed E-state index contributed by atoms with van der Waals surface area (Å²) < 4.78 is 37.8. The van der Waals surface area contributed by atoms with Gasteiger partial charge in [0.25, 0.3) is 0 Å². The quantitative estimate of drug-likeness (QED) is 0.612. The zero-order valence-corrected chi connectivity index (χ0v) is 17.1. The normalized spacial score (nSPS) is 16.3. The molecule has 0 unspecified atom stereocenters. The number of rotatable bonds is 6. The number of aromatic nitrogens is 1. The van der Waals surface area contributed by atoms with Crippen molar-refractivity contribution in [3.63, 3.8) is 0 Å². The van der Waals surface area contributed by atoms with Gasteiger partial charge in [-0.05, 0) is 35.7 Å². The standard InChI is InChI=1S/C19H21N3O4S2/c1-25-16-4-6-17(7-5-16)28(23,24)22-10-8-21(9-11-22)13-15-14-26-19(20-15)18-3-2-12-27-18/h2-7,12,14H,8-11,13H2,1H3. The van der Waals surface area contributed by atoms with Crippen molar-refractivity contribution in [2.24, 2.45) is 0 Å². The number of hydrogen-bond acceptors (Lipinski definition) is 7. The van der Waals surface area contributed by atoms with Crippen molar-refractivity contribution in [2.75, 3.05) is 33.3 Å². The van der Waals surface area contributed by atoms with Gasteiger partial charge in [0.15, 0.2) is 0 Å². The fraction of sp³-hybridized carbons (Fsp3) is 0.316. The zero-order valence-electron chi connectivity index (χ0n) is 15.4. The van der Waals surface area contributed by atoms with Gasteiger partial charge in [-0.25, -0.2) is 13.4 Å². The highest BCUT2D eigenvalue weighted by Gasteiger charge is 2.28. The maximum Gasteiger partial charge on any atom is 0.243 e. The molecule has 0 amide bonds. The highest BCUT2D eigenvalue weighted by atomic mass is 32.2. The molecule has 148 valence electrons. The molecule has 1 aliphatic rings. The first-order chi connectivity index (χ1) is 13.6. The average molecular weight is 420 g/mol. The van der Waals surface area contributed by atoms with Gasteiger partial charge in [0.1, 0.15) is 12.0 Å². The lowest BCUT2D eigenvalue weighted by Gasteiger charge is -2.33. The van der Waals surface area contributed by atoms with Crippen LogP contribution in [0.1, 0.15) is 5.69 Å². The highest BCUT2D eigenvalue weighted by Crippen LogP contribution is 2.25. The summed E-state index contributed by atoms with van der Waals surface area (Å²) in [6.07, 6.45) is 1.68. The third-order valence-electron chi connectivity index (χ3n) is 4.70. The third kappa shape index (κ3) is 3.97. The molecule has 0 aliphatic carbocycles. The topological polar surface area (TPSA) is 75.9 Å². The number of ether oxygens (including phenoxy) is 1. The summed E-state index contributed by atoms with van der Waals surface area (Å²) in [5.41, 5.74) is 0.856. The van der Waals surface area contributed by atoms with Crippen LogP contribution in [0, 0.1) is 0 Å². The van der Waals surface area contributed by atoms with Gasteiger partial charge in [-0.3, -0.25) is 4.90 Å². The smallest absolute Gasteiger partial charge is 0.243 e.